The van der Waals surface area contributed by atoms with Crippen LogP contribution >= 0.6 is 23.2 Å². The molecule has 1 aromatic carbocycles. The van der Waals surface area contributed by atoms with Crippen LogP contribution in [-0.4, -0.2) is 11.8 Å². The van der Waals surface area contributed by atoms with Crippen LogP contribution in [0.3, 0.4) is 0 Å². The van der Waals surface area contributed by atoms with Gasteiger partial charge in [-0.1, -0.05) is 35.4 Å². The van der Waals surface area contributed by atoms with E-state index in [1.807, 2.05) is 12.2 Å². The highest BCUT2D eigenvalue weighted by Gasteiger charge is 2.48. The molecule has 0 N–H and O–H groups in total. The van der Waals surface area contributed by atoms with E-state index in [1.54, 1.807) is 18.2 Å². The van der Waals surface area contributed by atoms with E-state index in [9.17, 15) is 9.59 Å². The third-order valence-electron chi connectivity index (χ3n) is 3.66. The first-order valence-corrected chi connectivity index (χ1v) is 6.83. The molecule has 2 atom stereocenters. The number of fused-ring (bicyclic) bond motifs is 1. The number of hydrogen-bond donors (Lipinski definition) is 0. The molecule has 0 saturated carbocycles. The van der Waals surface area contributed by atoms with Gasteiger partial charge in [-0.15, -0.1) is 0 Å². The molecular weight excluding hydrogens is 285 g/mol. The van der Waals surface area contributed by atoms with Gasteiger partial charge in [-0.25, -0.2) is 4.90 Å². The first-order chi connectivity index (χ1) is 9.09. The number of amides is 2. The van der Waals surface area contributed by atoms with Crippen LogP contribution in [0.15, 0.2) is 30.4 Å². The van der Waals surface area contributed by atoms with E-state index in [0.717, 1.165) is 0 Å². The highest BCUT2D eigenvalue weighted by Crippen LogP contribution is 2.40. The van der Waals surface area contributed by atoms with Gasteiger partial charge < -0.3 is 0 Å². The molecule has 1 fully saturated rings. The molecule has 1 aromatic rings. The Kier molecular flexibility index (Phi) is 3.11. The summed E-state index contributed by atoms with van der Waals surface area (Å²) in [5.41, 5.74) is 0.426. The summed E-state index contributed by atoms with van der Waals surface area (Å²) in [6, 6.07) is 4.79. The fourth-order valence-electron chi connectivity index (χ4n) is 2.70. The zero-order valence-electron chi connectivity index (χ0n) is 9.98. The van der Waals surface area contributed by atoms with Gasteiger partial charge in [-0.2, -0.15) is 0 Å². The quantitative estimate of drug-likeness (QED) is 0.588. The average molecular weight is 296 g/mol. The van der Waals surface area contributed by atoms with Crippen molar-refractivity contribution < 1.29 is 9.59 Å². The molecule has 3 nitrogen and oxygen atoms in total. The minimum atomic E-state index is -0.246. The van der Waals surface area contributed by atoms with Crippen LogP contribution in [0.4, 0.5) is 5.69 Å². The van der Waals surface area contributed by atoms with Crippen molar-refractivity contribution in [2.45, 2.75) is 12.8 Å². The lowest BCUT2D eigenvalue weighted by atomic mass is 9.85. The molecular formula is C14H11Cl2NO2. The average Bonchev–Trinajstić information content (AvgIpc) is 2.64. The maximum atomic E-state index is 12.4. The van der Waals surface area contributed by atoms with Crippen LogP contribution in [0.5, 0.6) is 0 Å². The summed E-state index contributed by atoms with van der Waals surface area (Å²) in [7, 11) is 0. The number of imide groups is 1. The molecule has 5 heteroatoms. The summed E-state index contributed by atoms with van der Waals surface area (Å²) >= 11 is 11.9. The van der Waals surface area contributed by atoms with Gasteiger partial charge in [0.15, 0.2) is 0 Å². The minimum Gasteiger partial charge on any atom is -0.274 e. The molecule has 2 amide bonds. The first kappa shape index (κ1) is 12.7. The lowest BCUT2D eigenvalue weighted by Gasteiger charge is -2.16. The Morgan fingerprint density at radius 2 is 1.58 bits per heavy atom. The lowest BCUT2D eigenvalue weighted by Crippen LogP contribution is -2.31. The number of halogens is 2. The second-order valence-electron chi connectivity index (χ2n) is 4.76. The summed E-state index contributed by atoms with van der Waals surface area (Å²) in [5, 5.41) is 0.799. The summed E-state index contributed by atoms with van der Waals surface area (Å²) in [5.74, 6) is -0.819. The molecule has 1 aliphatic carbocycles. The highest BCUT2D eigenvalue weighted by molar-refractivity contribution is 6.38. The molecule has 0 aromatic heterocycles. The molecule has 0 unspecified atom stereocenters. The van der Waals surface area contributed by atoms with E-state index in [4.69, 9.17) is 23.2 Å². The van der Waals surface area contributed by atoms with E-state index < -0.39 is 0 Å². The third-order valence-corrected chi connectivity index (χ3v) is 4.20. The molecule has 1 heterocycles. The van der Waals surface area contributed by atoms with Crippen molar-refractivity contribution in [3.63, 3.8) is 0 Å². The smallest absolute Gasteiger partial charge is 0.238 e. The second-order valence-corrected chi connectivity index (χ2v) is 5.61. The van der Waals surface area contributed by atoms with Gasteiger partial charge in [0, 0.05) is 5.02 Å². The molecule has 1 saturated heterocycles. The zero-order chi connectivity index (χ0) is 13.6. The van der Waals surface area contributed by atoms with Crippen molar-refractivity contribution in [2.75, 3.05) is 4.90 Å². The molecule has 98 valence electrons. The van der Waals surface area contributed by atoms with Gasteiger partial charge in [0.05, 0.1) is 22.5 Å². The van der Waals surface area contributed by atoms with Gasteiger partial charge >= 0.3 is 0 Å². The summed E-state index contributed by atoms with van der Waals surface area (Å²) in [4.78, 5) is 25.9. The SMILES string of the molecule is O=C1[C@H]2CC=CC[C@@H]2C(=O)N1c1ccc(Cl)cc1Cl. The minimum absolute atomic E-state index is 0.163. The standard InChI is InChI=1S/C14H11Cl2NO2/c15-8-5-6-12(11(16)7-8)17-13(18)9-3-1-2-4-10(9)14(17)19/h1-2,5-7,9-10H,3-4H2/t9-,10-/m0/s1. The monoisotopic (exact) mass is 295 g/mol. The molecule has 2 aliphatic rings. The van der Waals surface area contributed by atoms with E-state index in [2.05, 4.69) is 0 Å². The Morgan fingerprint density at radius 3 is 2.11 bits per heavy atom. The number of carbonyl (C=O) groups excluding carboxylic acids is 2. The highest BCUT2D eigenvalue weighted by atomic mass is 35.5. The van der Waals surface area contributed by atoms with Crippen molar-refractivity contribution in [3.8, 4) is 0 Å². The molecule has 0 radical (unpaired) electrons. The number of nitrogens with zero attached hydrogens (tertiary/aromatic N) is 1. The van der Waals surface area contributed by atoms with Crippen LogP contribution in [0.2, 0.25) is 10.0 Å². The first-order valence-electron chi connectivity index (χ1n) is 6.07. The Labute approximate surface area is 120 Å². The van der Waals surface area contributed by atoms with E-state index in [-0.39, 0.29) is 23.7 Å². The lowest BCUT2D eigenvalue weighted by molar-refractivity contribution is -0.122. The summed E-state index contributed by atoms with van der Waals surface area (Å²) in [6.07, 6.45) is 5.16. The molecule has 0 spiro atoms. The van der Waals surface area contributed by atoms with Crippen molar-refractivity contribution in [1.82, 2.24) is 0 Å². The Balaban J connectivity index is 2.02. The van der Waals surface area contributed by atoms with Gasteiger partial charge in [-0.3, -0.25) is 9.59 Å². The van der Waals surface area contributed by atoms with E-state index >= 15 is 0 Å². The predicted octanol–water partition coefficient (Wildman–Crippen LogP) is 3.45. The maximum Gasteiger partial charge on any atom is 0.238 e. The van der Waals surface area contributed by atoms with Gasteiger partial charge in [0.1, 0.15) is 0 Å². The van der Waals surface area contributed by atoms with Crippen molar-refractivity contribution in [3.05, 3.63) is 40.4 Å². The Bertz CT molecular complexity index is 571. The van der Waals surface area contributed by atoms with Gasteiger partial charge in [0.2, 0.25) is 11.8 Å². The largest absolute Gasteiger partial charge is 0.274 e. The molecule has 19 heavy (non-hydrogen) atoms. The fraction of sp³-hybridized carbons (Fsp3) is 0.286. The van der Waals surface area contributed by atoms with E-state index in [1.165, 1.54) is 4.90 Å². The molecule has 0 bridgehead atoms. The fourth-order valence-corrected chi connectivity index (χ4v) is 3.19. The maximum absolute atomic E-state index is 12.4. The summed E-state index contributed by atoms with van der Waals surface area (Å²) < 4.78 is 0. The van der Waals surface area contributed by atoms with Crippen molar-refractivity contribution in [2.24, 2.45) is 11.8 Å². The number of anilines is 1. The normalized spacial score (nSPS) is 25.9. The van der Waals surface area contributed by atoms with Crippen LogP contribution in [-0.2, 0) is 9.59 Å². The molecule has 1 aliphatic heterocycles. The number of allylic oxidation sites excluding steroid dienone is 2. The topological polar surface area (TPSA) is 37.4 Å². The van der Waals surface area contributed by atoms with Gasteiger partial charge in [0.25, 0.3) is 0 Å². The van der Waals surface area contributed by atoms with Gasteiger partial charge in [-0.05, 0) is 31.0 Å². The molecule has 3 rings (SSSR count). The number of rotatable bonds is 1. The number of carbonyl (C=O) groups is 2. The van der Waals surface area contributed by atoms with Crippen LogP contribution in [0.1, 0.15) is 12.8 Å². The third kappa shape index (κ3) is 1.97. The van der Waals surface area contributed by atoms with Crippen molar-refractivity contribution >= 4 is 40.7 Å². The second kappa shape index (κ2) is 4.66. The Hall–Kier alpha value is -1.32. The number of hydrogen-bond acceptors (Lipinski definition) is 2. The number of benzene rings is 1. The predicted molar refractivity (Wildman–Crippen MR) is 74.3 cm³/mol. The van der Waals surface area contributed by atoms with Crippen LogP contribution < -0.4 is 4.90 Å². The Morgan fingerprint density at radius 1 is 1.00 bits per heavy atom. The van der Waals surface area contributed by atoms with E-state index in [0.29, 0.717) is 28.6 Å². The zero-order valence-corrected chi connectivity index (χ0v) is 11.5. The summed E-state index contributed by atoms with van der Waals surface area (Å²) in [6.45, 7) is 0. The van der Waals surface area contributed by atoms with Crippen molar-refractivity contribution in [1.29, 1.82) is 0 Å². The van der Waals surface area contributed by atoms with Crippen LogP contribution in [0, 0.1) is 11.8 Å². The van der Waals surface area contributed by atoms with Crippen LogP contribution in [0.25, 0.3) is 0 Å².